The van der Waals surface area contributed by atoms with Gasteiger partial charge in [0, 0.05) is 0 Å². The maximum atomic E-state index is 13.2. The third kappa shape index (κ3) is 3.42. The molecule has 0 bridgehead atoms. The summed E-state index contributed by atoms with van der Waals surface area (Å²) < 4.78 is 36.1. The van der Waals surface area contributed by atoms with Gasteiger partial charge in [-0.15, -0.1) is 0 Å². The normalized spacial score (nSPS) is 17.3. The number of hydrogen-bond acceptors (Lipinski definition) is 2. The first-order valence-corrected chi connectivity index (χ1v) is 9.32. The number of primary sulfonamides is 1. The first kappa shape index (κ1) is 16.9. The average molecular weight is 345 g/mol. The molecule has 0 unspecified atom stereocenters. The van der Waals surface area contributed by atoms with Crippen LogP contribution in [-0.4, -0.2) is 8.42 Å². The predicted molar refractivity (Wildman–Crippen MR) is 94.0 cm³/mol. The van der Waals surface area contributed by atoms with E-state index in [1.807, 2.05) is 0 Å². The van der Waals surface area contributed by atoms with Crippen molar-refractivity contribution in [3.05, 3.63) is 65.5 Å². The van der Waals surface area contributed by atoms with E-state index in [4.69, 9.17) is 5.14 Å². The van der Waals surface area contributed by atoms with Gasteiger partial charge in [0.2, 0.25) is 10.0 Å². The SMILES string of the molecule is CC1(C)CC(c2ccc(F)cc2)=C(c2ccc(S(N)(=O)=O)cc2)C1. The molecule has 3 rings (SSSR count). The van der Waals surface area contributed by atoms with Crippen LogP contribution in [0.15, 0.2) is 53.4 Å². The summed E-state index contributed by atoms with van der Waals surface area (Å²) in [6.45, 7) is 4.39. The minimum Gasteiger partial charge on any atom is -0.225 e. The first-order valence-electron chi connectivity index (χ1n) is 7.77. The zero-order valence-corrected chi connectivity index (χ0v) is 14.5. The number of nitrogens with two attached hydrogens (primary N) is 1. The zero-order chi connectivity index (χ0) is 17.5. The Balaban J connectivity index is 2.07. The van der Waals surface area contributed by atoms with Gasteiger partial charge in [0.15, 0.2) is 0 Å². The van der Waals surface area contributed by atoms with E-state index in [0.717, 1.165) is 24.0 Å². The van der Waals surface area contributed by atoms with E-state index in [9.17, 15) is 12.8 Å². The number of hydrogen-bond donors (Lipinski definition) is 1. The molecule has 0 saturated heterocycles. The van der Waals surface area contributed by atoms with Crippen molar-refractivity contribution >= 4 is 21.2 Å². The summed E-state index contributed by atoms with van der Waals surface area (Å²) in [5, 5.41) is 5.16. The van der Waals surface area contributed by atoms with Crippen LogP contribution in [0.3, 0.4) is 0 Å². The van der Waals surface area contributed by atoms with Gasteiger partial charge in [-0.25, -0.2) is 17.9 Å². The lowest BCUT2D eigenvalue weighted by atomic mass is 9.87. The maximum Gasteiger partial charge on any atom is 0.238 e. The van der Waals surface area contributed by atoms with E-state index in [1.54, 1.807) is 24.3 Å². The maximum absolute atomic E-state index is 13.2. The molecule has 5 heteroatoms. The van der Waals surface area contributed by atoms with Crippen LogP contribution in [0.2, 0.25) is 0 Å². The van der Waals surface area contributed by atoms with E-state index >= 15 is 0 Å². The van der Waals surface area contributed by atoms with Gasteiger partial charge >= 0.3 is 0 Å². The highest BCUT2D eigenvalue weighted by Crippen LogP contribution is 2.49. The zero-order valence-electron chi connectivity index (χ0n) is 13.7. The highest BCUT2D eigenvalue weighted by Gasteiger charge is 2.31. The molecule has 0 heterocycles. The van der Waals surface area contributed by atoms with Crippen LogP contribution in [-0.2, 0) is 10.0 Å². The number of benzene rings is 2. The Morgan fingerprint density at radius 1 is 0.875 bits per heavy atom. The fourth-order valence-electron chi connectivity index (χ4n) is 3.28. The Labute approximate surface area is 142 Å². The Bertz CT molecular complexity index is 895. The number of allylic oxidation sites excluding steroid dienone is 2. The van der Waals surface area contributed by atoms with Crippen LogP contribution in [0.1, 0.15) is 37.8 Å². The number of rotatable bonds is 3. The van der Waals surface area contributed by atoms with Crippen molar-refractivity contribution in [1.82, 2.24) is 0 Å². The third-order valence-electron chi connectivity index (χ3n) is 4.40. The van der Waals surface area contributed by atoms with E-state index in [2.05, 4.69) is 13.8 Å². The van der Waals surface area contributed by atoms with E-state index in [-0.39, 0.29) is 16.1 Å². The summed E-state index contributed by atoms with van der Waals surface area (Å²) in [7, 11) is -3.69. The van der Waals surface area contributed by atoms with Crippen molar-refractivity contribution in [1.29, 1.82) is 0 Å². The van der Waals surface area contributed by atoms with Crippen LogP contribution < -0.4 is 5.14 Å². The molecule has 0 saturated carbocycles. The van der Waals surface area contributed by atoms with Crippen molar-refractivity contribution in [2.45, 2.75) is 31.6 Å². The smallest absolute Gasteiger partial charge is 0.225 e. The molecule has 126 valence electrons. The minimum atomic E-state index is -3.69. The molecule has 2 N–H and O–H groups in total. The van der Waals surface area contributed by atoms with E-state index in [0.29, 0.717) is 0 Å². The molecule has 2 aromatic rings. The molecule has 2 aromatic carbocycles. The average Bonchev–Trinajstić information content (AvgIpc) is 2.83. The molecule has 0 aromatic heterocycles. The summed E-state index contributed by atoms with van der Waals surface area (Å²) in [6, 6.07) is 13.2. The molecule has 1 aliphatic rings. The Morgan fingerprint density at radius 2 is 1.29 bits per heavy atom. The van der Waals surface area contributed by atoms with Gasteiger partial charge in [0.25, 0.3) is 0 Å². The van der Waals surface area contributed by atoms with Crippen molar-refractivity contribution in [3.8, 4) is 0 Å². The molecule has 0 fully saturated rings. The van der Waals surface area contributed by atoms with Gasteiger partial charge in [0.05, 0.1) is 4.90 Å². The topological polar surface area (TPSA) is 60.2 Å². The van der Waals surface area contributed by atoms with Crippen LogP contribution >= 0.6 is 0 Å². The van der Waals surface area contributed by atoms with Crippen molar-refractivity contribution in [2.75, 3.05) is 0 Å². The molecular weight excluding hydrogens is 325 g/mol. The second kappa shape index (κ2) is 5.83. The largest absolute Gasteiger partial charge is 0.238 e. The Kier molecular flexibility index (Phi) is 4.10. The summed E-state index contributed by atoms with van der Waals surface area (Å²) in [5.74, 6) is -0.254. The number of sulfonamides is 1. The summed E-state index contributed by atoms with van der Waals surface area (Å²) in [5.41, 5.74) is 4.45. The van der Waals surface area contributed by atoms with Crippen LogP contribution in [0.5, 0.6) is 0 Å². The van der Waals surface area contributed by atoms with Crippen molar-refractivity contribution in [3.63, 3.8) is 0 Å². The first-order chi connectivity index (χ1) is 11.2. The molecule has 0 aliphatic heterocycles. The van der Waals surface area contributed by atoms with Gasteiger partial charge in [0.1, 0.15) is 5.82 Å². The molecule has 24 heavy (non-hydrogen) atoms. The van der Waals surface area contributed by atoms with Crippen molar-refractivity contribution in [2.24, 2.45) is 10.6 Å². The molecular formula is C19H20FNO2S. The fraction of sp³-hybridized carbons (Fsp3) is 0.263. The van der Waals surface area contributed by atoms with E-state index in [1.165, 1.54) is 35.4 Å². The molecule has 0 radical (unpaired) electrons. The predicted octanol–water partition coefficient (Wildman–Crippen LogP) is 4.20. The lowest BCUT2D eigenvalue weighted by Crippen LogP contribution is -2.11. The standard InChI is InChI=1S/C19H20FNO2S/c1-19(2)11-17(13-3-7-15(20)8-4-13)18(12-19)14-5-9-16(10-6-14)24(21,22)23/h3-10H,11-12H2,1-2H3,(H2,21,22,23). The number of halogens is 1. The van der Waals surface area contributed by atoms with Crippen LogP contribution in [0.25, 0.3) is 11.1 Å². The lowest BCUT2D eigenvalue weighted by molar-refractivity contribution is 0.406. The summed E-state index contributed by atoms with van der Waals surface area (Å²) >= 11 is 0. The Hall–Kier alpha value is -1.98. The quantitative estimate of drug-likeness (QED) is 0.906. The van der Waals surface area contributed by atoms with Crippen LogP contribution in [0, 0.1) is 11.2 Å². The molecule has 0 spiro atoms. The highest BCUT2D eigenvalue weighted by atomic mass is 32.2. The highest BCUT2D eigenvalue weighted by molar-refractivity contribution is 7.89. The van der Waals surface area contributed by atoms with Gasteiger partial charge in [-0.3, -0.25) is 0 Å². The molecule has 0 amide bonds. The van der Waals surface area contributed by atoms with Gasteiger partial charge in [-0.1, -0.05) is 38.1 Å². The third-order valence-corrected chi connectivity index (χ3v) is 5.33. The van der Waals surface area contributed by atoms with Gasteiger partial charge in [-0.05, 0) is 64.8 Å². The minimum absolute atomic E-state index is 0.104. The monoisotopic (exact) mass is 345 g/mol. The fourth-order valence-corrected chi connectivity index (χ4v) is 3.80. The van der Waals surface area contributed by atoms with Crippen LogP contribution in [0.4, 0.5) is 4.39 Å². The molecule has 0 atom stereocenters. The Morgan fingerprint density at radius 3 is 1.71 bits per heavy atom. The molecule has 3 nitrogen and oxygen atoms in total. The van der Waals surface area contributed by atoms with Gasteiger partial charge in [-0.2, -0.15) is 0 Å². The van der Waals surface area contributed by atoms with Gasteiger partial charge < -0.3 is 0 Å². The summed E-state index contributed by atoms with van der Waals surface area (Å²) in [6.07, 6.45) is 1.78. The summed E-state index contributed by atoms with van der Waals surface area (Å²) in [4.78, 5) is 0.104. The molecule has 1 aliphatic carbocycles. The van der Waals surface area contributed by atoms with Crippen molar-refractivity contribution < 1.29 is 12.8 Å². The lowest BCUT2D eigenvalue weighted by Gasteiger charge is -2.17. The second-order valence-corrected chi connectivity index (χ2v) is 8.61. The van der Waals surface area contributed by atoms with E-state index < -0.39 is 10.0 Å². The second-order valence-electron chi connectivity index (χ2n) is 7.05.